The van der Waals surface area contributed by atoms with E-state index in [0.717, 1.165) is 38.2 Å². The zero-order valence-electron chi connectivity index (χ0n) is 13.7. The molecule has 3 rings (SSSR count). The van der Waals surface area contributed by atoms with Crippen molar-refractivity contribution in [3.8, 4) is 0 Å². The first-order valence-corrected chi connectivity index (χ1v) is 8.06. The zero-order valence-corrected chi connectivity index (χ0v) is 13.7. The Labute approximate surface area is 136 Å². The summed E-state index contributed by atoms with van der Waals surface area (Å²) in [7, 11) is 1.81. The van der Waals surface area contributed by atoms with Crippen LogP contribution in [0, 0.1) is 12.8 Å². The first-order chi connectivity index (χ1) is 11.1. The van der Waals surface area contributed by atoms with Gasteiger partial charge < -0.3 is 10.2 Å². The summed E-state index contributed by atoms with van der Waals surface area (Å²) in [4.78, 5) is 18.7. The number of carbonyl (C=O) groups is 1. The third-order valence-corrected chi connectivity index (χ3v) is 4.38. The highest BCUT2D eigenvalue weighted by Crippen LogP contribution is 2.23. The average Bonchev–Trinajstić information content (AvgIpc) is 3.00. The highest BCUT2D eigenvalue weighted by atomic mass is 16.1. The van der Waals surface area contributed by atoms with E-state index in [-0.39, 0.29) is 5.91 Å². The van der Waals surface area contributed by atoms with Crippen LogP contribution in [0.2, 0.25) is 0 Å². The van der Waals surface area contributed by atoms with Crippen molar-refractivity contribution < 1.29 is 4.79 Å². The van der Waals surface area contributed by atoms with Crippen LogP contribution in [-0.4, -0.2) is 40.3 Å². The molecular formula is C17H23N5O. The summed E-state index contributed by atoms with van der Waals surface area (Å²) < 4.78 is 1.64. The van der Waals surface area contributed by atoms with Gasteiger partial charge in [-0.3, -0.25) is 14.5 Å². The summed E-state index contributed by atoms with van der Waals surface area (Å²) in [6.45, 7) is 4.80. The van der Waals surface area contributed by atoms with E-state index in [1.807, 2.05) is 20.2 Å². The van der Waals surface area contributed by atoms with Crippen molar-refractivity contribution in [2.75, 3.05) is 24.5 Å². The van der Waals surface area contributed by atoms with Crippen LogP contribution in [0.1, 0.15) is 28.9 Å². The second-order valence-corrected chi connectivity index (χ2v) is 6.20. The molecule has 1 N–H and O–H groups in total. The van der Waals surface area contributed by atoms with Gasteiger partial charge in [-0.25, -0.2) is 0 Å². The summed E-state index contributed by atoms with van der Waals surface area (Å²) in [5, 5.41) is 7.05. The smallest absolute Gasteiger partial charge is 0.254 e. The van der Waals surface area contributed by atoms with Crippen LogP contribution >= 0.6 is 0 Å². The molecule has 1 aliphatic heterocycles. The zero-order chi connectivity index (χ0) is 16.2. The minimum Gasteiger partial charge on any atom is -0.371 e. The number of aromatic nitrogens is 3. The van der Waals surface area contributed by atoms with Crippen LogP contribution in [0.4, 0.5) is 5.69 Å². The first kappa shape index (κ1) is 15.5. The fourth-order valence-corrected chi connectivity index (χ4v) is 3.00. The van der Waals surface area contributed by atoms with E-state index in [4.69, 9.17) is 0 Å². The van der Waals surface area contributed by atoms with Gasteiger partial charge in [0.05, 0.1) is 11.8 Å². The van der Waals surface area contributed by atoms with Gasteiger partial charge in [0.1, 0.15) is 0 Å². The lowest BCUT2D eigenvalue weighted by Crippen LogP contribution is -2.38. The third-order valence-electron chi connectivity index (χ3n) is 4.38. The molecule has 122 valence electrons. The summed E-state index contributed by atoms with van der Waals surface area (Å²) in [6, 6.07) is 4.20. The van der Waals surface area contributed by atoms with Gasteiger partial charge in [0.15, 0.2) is 0 Å². The molecular weight excluding hydrogens is 290 g/mol. The molecule has 2 aromatic heterocycles. The minimum absolute atomic E-state index is 0.0368. The molecule has 1 aliphatic rings. The molecule has 1 fully saturated rings. The monoisotopic (exact) mass is 313 g/mol. The Morgan fingerprint density at radius 1 is 1.39 bits per heavy atom. The number of carbonyl (C=O) groups excluding carboxylic acids is 1. The van der Waals surface area contributed by atoms with Gasteiger partial charge in [-0.05, 0) is 37.8 Å². The van der Waals surface area contributed by atoms with Crippen LogP contribution in [0.5, 0.6) is 0 Å². The molecule has 1 amide bonds. The van der Waals surface area contributed by atoms with Crippen LogP contribution < -0.4 is 10.2 Å². The Balaban J connectivity index is 1.47. The second kappa shape index (κ2) is 6.81. The van der Waals surface area contributed by atoms with E-state index < -0.39 is 0 Å². The van der Waals surface area contributed by atoms with E-state index in [1.165, 1.54) is 5.69 Å². The van der Waals surface area contributed by atoms with Crippen molar-refractivity contribution in [2.24, 2.45) is 13.0 Å². The van der Waals surface area contributed by atoms with Crippen LogP contribution in [0.15, 0.2) is 30.7 Å². The lowest BCUT2D eigenvalue weighted by Gasteiger charge is -2.33. The number of hydrogen-bond acceptors (Lipinski definition) is 4. The minimum atomic E-state index is -0.0368. The summed E-state index contributed by atoms with van der Waals surface area (Å²) in [5.41, 5.74) is 2.92. The maximum atomic E-state index is 12.0. The van der Waals surface area contributed by atoms with Gasteiger partial charge in [0.2, 0.25) is 0 Å². The van der Waals surface area contributed by atoms with Crippen LogP contribution in [0.25, 0.3) is 0 Å². The van der Waals surface area contributed by atoms with E-state index in [2.05, 4.69) is 32.4 Å². The molecule has 0 radical (unpaired) electrons. The first-order valence-electron chi connectivity index (χ1n) is 8.06. The standard InChI is InChI=1S/C17H23N5O/c1-13-9-16(3-6-18-13)22-7-4-14(5-8-22)10-19-17(23)15-11-20-21(2)12-15/h3,6,9,11-12,14H,4-5,7-8,10H2,1-2H3,(H,19,23). The van der Waals surface area contributed by atoms with E-state index in [1.54, 1.807) is 17.1 Å². The molecule has 6 nitrogen and oxygen atoms in total. The van der Waals surface area contributed by atoms with Crippen LogP contribution in [-0.2, 0) is 7.05 Å². The Morgan fingerprint density at radius 2 is 2.17 bits per heavy atom. The maximum Gasteiger partial charge on any atom is 0.254 e. The van der Waals surface area contributed by atoms with Crippen molar-refractivity contribution >= 4 is 11.6 Å². The Bertz CT molecular complexity index is 673. The largest absolute Gasteiger partial charge is 0.371 e. The number of nitrogens with zero attached hydrogens (tertiary/aromatic N) is 4. The SMILES string of the molecule is Cc1cc(N2CCC(CNC(=O)c3cnn(C)c3)CC2)ccn1. The van der Waals surface area contributed by atoms with Gasteiger partial charge in [-0.1, -0.05) is 0 Å². The third kappa shape index (κ3) is 3.88. The second-order valence-electron chi connectivity index (χ2n) is 6.20. The van der Waals surface area contributed by atoms with Gasteiger partial charge in [-0.2, -0.15) is 5.10 Å². The van der Waals surface area contributed by atoms with E-state index >= 15 is 0 Å². The molecule has 3 heterocycles. The average molecular weight is 313 g/mol. The van der Waals surface area contributed by atoms with Gasteiger partial charge >= 0.3 is 0 Å². The summed E-state index contributed by atoms with van der Waals surface area (Å²) >= 11 is 0. The molecule has 0 atom stereocenters. The van der Waals surface area contributed by atoms with Gasteiger partial charge in [0, 0.05) is 50.5 Å². The number of nitrogens with one attached hydrogen (secondary N) is 1. The molecule has 6 heteroatoms. The fourth-order valence-electron chi connectivity index (χ4n) is 3.00. The molecule has 0 bridgehead atoms. The Kier molecular flexibility index (Phi) is 4.60. The molecule has 2 aromatic rings. The van der Waals surface area contributed by atoms with Crippen molar-refractivity contribution in [1.82, 2.24) is 20.1 Å². The summed E-state index contributed by atoms with van der Waals surface area (Å²) in [5.74, 6) is 0.500. The Morgan fingerprint density at radius 3 is 2.83 bits per heavy atom. The predicted octanol–water partition coefficient (Wildman–Crippen LogP) is 1.77. The lowest BCUT2D eigenvalue weighted by molar-refractivity contribution is 0.0945. The topological polar surface area (TPSA) is 63.1 Å². The fraction of sp³-hybridized carbons (Fsp3) is 0.471. The molecule has 0 unspecified atom stereocenters. The molecule has 23 heavy (non-hydrogen) atoms. The van der Waals surface area contributed by atoms with E-state index in [0.29, 0.717) is 11.5 Å². The number of piperidine rings is 1. The van der Waals surface area contributed by atoms with Crippen molar-refractivity contribution in [3.63, 3.8) is 0 Å². The van der Waals surface area contributed by atoms with Crippen LogP contribution in [0.3, 0.4) is 0 Å². The maximum absolute atomic E-state index is 12.0. The van der Waals surface area contributed by atoms with Gasteiger partial charge in [-0.15, -0.1) is 0 Å². The molecule has 0 aliphatic carbocycles. The molecule has 0 aromatic carbocycles. The van der Waals surface area contributed by atoms with Crippen molar-refractivity contribution in [1.29, 1.82) is 0 Å². The number of pyridine rings is 1. The molecule has 1 saturated heterocycles. The molecule has 0 spiro atoms. The lowest BCUT2D eigenvalue weighted by atomic mass is 9.96. The van der Waals surface area contributed by atoms with Crippen molar-refractivity contribution in [3.05, 3.63) is 42.0 Å². The van der Waals surface area contributed by atoms with E-state index in [9.17, 15) is 4.79 Å². The number of rotatable bonds is 4. The predicted molar refractivity (Wildman–Crippen MR) is 89.5 cm³/mol. The Hall–Kier alpha value is -2.37. The number of amides is 1. The quantitative estimate of drug-likeness (QED) is 0.934. The molecule has 0 saturated carbocycles. The highest BCUT2D eigenvalue weighted by molar-refractivity contribution is 5.93. The number of aryl methyl sites for hydroxylation is 2. The van der Waals surface area contributed by atoms with Gasteiger partial charge in [0.25, 0.3) is 5.91 Å². The normalized spacial score (nSPS) is 15.7. The van der Waals surface area contributed by atoms with Crippen molar-refractivity contribution in [2.45, 2.75) is 19.8 Å². The highest BCUT2D eigenvalue weighted by Gasteiger charge is 2.20. The number of anilines is 1. The number of hydrogen-bond donors (Lipinski definition) is 1. The summed E-state index contributed by atoms with van der Waals surface area (Å²) in [6.07, 6.45) is 7.39.